The number of carbonyl (C=O) groups is 1. The van der Waals surface area contributed by atoms with Crippen molar-refractivity contribution in [3.63, 3.8) is 0 Å². The molecule has 1 aromatic carbocycles. The molecule has 0 aliphatic heterocycles. The van der Waals surface area contributed by atoms with E-state index in [1.165, 1.54) is 6.19 Å². The van der Waals surface area contributed by atoms with Crippen LogP contribution in [0.4, 0.5) is 0 Å². The van der Waals surface area contributed by atoms with Gasteiger partial charge in [0.15, 0.2) is 6.19 Å². The summed E-state index contributed by atoms with van der Waals surface area (Å²) in [7, 11) is -4.30. The summed E-state index contributed by atoms with van der Waals surface area (Å²) < 4.78 is 26.0. The number of benzene rings is 1. The molecule has 0 bridgehead atoms. The van der Waals surface area contributed by atoms with Gasteiger partial charge in [0.1, 0.15) is 4.90 Å². The maximum Gasteiger partial charge on any atom is 0.338 e. The van der Waals surface area contributed by atoms with Crippen LogP contribution >= 0.6 is 63.7 Å². The lowest BCUT2D eigenvalue weighted by molar-refractivity contribution is 0.0691. The molecule has 0 aliphatic rings. The Hall–Kier alpha value is -0.150. The predicted molar refractivity (Wildman–Crippen MR) is 80.1 cm³/mol. The fraction of sp³-hybridized carbons (Fsp3) is 0. The van der Waals surface area contributed by atoms with Crippen LogP contribution in [0.3, 0.4) is 0 Å². The number of rotatable bonds is 3. The minimum Gasteiger partial charge on any atom is -0.478 e. The van der Waals surface area contributed by atoms with E-state index in [0.717, 1.165) is 0 Å². The van der Waals surface area contributed by atoms with E-state index in [2.05, 4.69) is 63.7 Å². The summed E-state index contributed by atoms with van der Waals surface area (Å²) in [5.74, 6) is -1.46. The number of hydrogen-bond acceptors (Lipinski definition) is 4. The zero-order chi connectivity index (χ0) is 15.0. The van der Waals surface area contributed by atoms with Crippen LogP contribution in [0.25, 0.3) is 0 Å². The first-order valence-electron chi connectivity index (χ1n) is 4.15. The summed E-state index contributed by atoms with van der Waals surface area (Å²) in [5.41, 5.74) is -0.496. The first-order chi connectivity index (χ1) is 8.65. The Morgan fingerprint density at radius 3 is 2.00 bits per heavy atom. The summed E-state index contributed by atoms with van der Waals surface area (Å²) in [5, 5.41) is 17.6. The highest BCUT2D eigenvalue weighted by atomic mass is 79.9. The molecule has 0 radical (unpaired) electrons. The summed E-state index contributed by atoms with van der Waals surface area (Å²) in [4.78, 5) is 10.7. The van der Waals surface area contributed by atoms with E-state index in [1.807, 2.05) is 0 Å². The highest BCUT2D eigenvalue weighted by Gasteiger charge is 2.31. The molecular weight excluding hydrogens is 540 g/mol. The van der Waals surface area contributed by atoms with E-state index in [9.17, 15) is 13.2 Å². The fourth-order valence-electron chi connectivity index (χ4n) is 1.17. The normalized spacial score (nSPS) is 10.9. The number of nitrogens with one attached hydrogen (secondary N) is 1. The van der Waals surface area contributed by atoms with Crippen molar-refractivity contribution in [1.82, 2.24) is 4.72 Å². The van der Waals surface area contributed by atoms with Crippen molar-refractivity contribution >= 4 is 79.7 Å². The predicted octanol–water partition coefficient (Wildman–Crippen LogP) is 3.19. The molecule has 0 atom stereocenters. The molecule has 1 rings (SSSR count). The molecular formula is C8H2Br4N2O4S. The molecule has 1 aromatic rings. The van der Waals surface area contributed by atoms with Gasteiger partial charge in [0, 0.05) is 13.4 Å². The Labute approximate surface area is 141 Å². The first-order valence-corrected chi connectivity index (χ1v) is 8.80. The third-order valence-corrected chi connectivity index (χ3v) is 8.22. The fourth-order valence-corrected chi connectivity index (χ4v) is 5.37. The Balaban J connectivity index is 3.94. The molecule has 0 saturated carbocycles. The molecule has 0 aromatic heterocycles. The van der Waals surface area contributed by atoms with Crippen LogP contribution < -0.4 is 4.72 Å². The topological polar surface area (TPSA) is 107 Å². The quantitative estimate of drug-likeness (QED) is 0.265. The number of aromatic carboxylic acids is 1. The molecule has 0 spiro atoms. The Morgan fingerprint density at radius 1 is 1.11 bits per heavy atom. The van der Waals surface area contributed by atoms with Gasteiger partial charge in [-0.2, -0.15) is 5.26 Å². The molecule has 102 valence electrons. The van der Waals surface area contributed by atoms with Crippen molar-refractivity contribution in [1.29, 1.82) is 5.26 Å². The number of nitriles is 1. The number of carboxylic acids is 1. The number of sulfonamides is 1. The van der Waals surface area contributed by atoms with E-state index >= 15 is 0 Å². The van der Waals surface area contributed by atoms with Gasteiger partial charge < -0.3 is 5.11 Å². The van der Waals surface area contributed by atoms with Gasteiger partial charge in [-0.3, -0.25) is 0 Å². The Morgan fingerprint density at radius 2 is 1.58 bits per heavy atom. The summed E-state index contributed by atoms with van der Waals surface area (Å²) in [6.07, 6.45) is 1.26. The van der Waals surface area contributed by atoms with Gasteiger partial charge in [-0.25, -0.2) is 17.9 Å². The average Bonchev–Trinajstić information content (AvgIpc) is 2.29. The second kappa shape index (κ2) is 6.09. The maximum atomic E-state index is 11.9. The Kier molecular flexibility index (Phi) is 5.42. The van der Waals surface area contributed by atoms with Crippen molar-refractivity contribution in [2.75, 3.05) is 0 Å². The number of nitrogens with zero attached hydrogens (tertiary/aromatic N) is 1. The molecule has 0 heterocycles. The molecule has 0 aliphatic carbocycles. The lowest BCUT2D eigenvalue weighted by atomic mass is 10.2. The number of halogens is 4. The van der Waals surface area contributed by atoms with Crippen LogP contribution in [0.2, 0.25) is 0 Å². The zero-order valence-electron chi connectivity index (χ0n) is 8.54. The highest BCUT2D eigenvalue weighted by molar-refractivity contribution is 9.15. The van der Waals surface area contributed by atoms with Gasteiger partial charge in [-0.1, -0.05) is 0 Å². The SMILES string of the molecule is N#CNS(=O)(=O)c1c(Br)c(Br)c(Br)c(Br)c1C(=O)O. The van der Waals surface area contributed by atoms with Crippen LogP contribution in [-0.2, 0) is 10.0 Å². The summed E-state index contributed by atoms with van der Waals surface area (Å²) in [6, 6.07) is 0. The minimum absolute atomic E-state index is 0.0114. The molecule has 0 amide bonds. The van der Waals surface area contributed by atoms with E-state index in [4.69, 9.17) is 10.4 Å². The average molecular weight is 542 g/mol. The largest absolute Gasteiger partial charge is 0.478 e. The van der Waals surface area contributed by atoms with Crippen LogP contribution in [0.1, 0.15) is 10.4 Å². The number of hydrogen-bond donors (Lipinski definition) is 2. The summed E-state index contributed by atoms with van der Waals surface area (Å²) in [6.45, 7) is 0. The van der Waals surface area contributed by atoms with Crippen LogP contribution in [0.5, 0.6) is 0 Å². The van der Waals surface area contributed by atoms with Crippen molar-refractivity contribution in [3.05, 3.63) is 23.5 Å². The molecule has 6 nitrogen and oxygen atoms in total. The number of carboxylic acid groups (broad SMARTS) is 1. The van der Waals surface area contributed by atoms with E-state index < -0.39 is 26.5 Å². The monoisotopic (exact) mass is 538 g/mol. The van der Waals surface area contributed by atoms with Crippen LogP contribution in [0.15, 0.2) is 22.8 Å². The maximum absolute atomic E-state index is 11.9. The lowest BCUT2D eigenvalue weighted by Gasteiger charge is -2.13. The van der Waals surface area contributed by atoms with Gasteiger partial charge in [0.2, 0.25) is 0 Å². The summed E-state index contributed by atoms with van der Waals surface area (Å²) >= 11 is 12.2. The van der Waals surface area contributed by atoms with Gasteiger partial charge in [0.05, 0.1) is 10.0 Å². The van der Waals surface area contributed by atoms with Crippen molar-refractivity contribution in [3.8, 4) is 6.19 Å². The third kappa shape index (κ3) is 3.13. The zero-order valence-corrected chi connectivity index (χ0v) is 15.7. The van der Waals surface area contributed by atoms with Crippen LogP contribution in [-0.4, -0.2) is 19.5 Å². The van der Waals surface area contributed by atoms with Crippen molar-refractivity contribution in [2.24, 2.45) is 0 Å². The van der Waals surface area contributed by atoms with Crippen molar-refractivity contribution in [2.45, 2.75) is 4.90 Å². The van der Waals surface area contributed by atoms with Gasteiger partial charge >= 0.3 is 5.97 Å². The molecule has 2 N–H and O–H groups in total. The van der Waals surface area contributed by atoms with Gasteiger partial charge in [0.25, 0.3) is 10.0 Å². The first kappa shape index (κ1) is 16.9. The van der Waals surface area contributed by atoms with Crippen LogP contribution in [0, 0.1) is 11.5 Å². The van der Waals surface area contributed by atoms with Crippen molar-refractivity contribution < 1.29 is 18.3 Å². The van der Waals surface area contributed by atoms with Gasteiger partial charge in [-0.15, -0.1) is 0 Å². The highest BCUT2D eigenvalue weighted by Crippen LogP contribution is 2.43. The Bertz CT molecular complexity index is 711. The minimum atomic E-state index is -4.30. The van der Waals surface area contributed by atoms with Gasteiger partial charge in [-0.05, 0) is 63.7 Å². The van der Waals surface area contributed by atoms with E-state index in [0.29, 0.717) is 8.95 Å². The second-order valence-electron chi connectivity index (χ2n) is 2.98. The lowest BCUT2D eigenvalue weighted by Crippen LogP contribution is -2.22. The smallest absolute Gasteiger partial charge is 0.338 e. The third-order valence-electron chi connectivity index (χ3n) is 1.89. The van der Waals surface area contributed by atoms with E-state index in [-0.39, 0.29) is 8.95 Å². The second-order valence-corrected chi connectivity index (χ2v) is 7.77. The standard InChI is InChI=1S/C8H2Br4N2O4S/c9-3-2(8(15)16)7(19(17,18)14-1-13)6(12)5(11)4(3)10/h14H,(H,15,16). The molecule has 0 saturated heterocycles. The van der Waals surface area contributed by atoms with E-state index in [1.54, 1.807) is 4.72 Å². The molecule has 0 fully saturated rings. The molecule has 11 heteroatoms. The molecule has 0 unspecified atom stereocenters. The molecule has 19 heavy (non-hydrogen) atoms.